The first-order chi connectivity index (χ1) is 10.5. The lowest BCUT2D eigenvalue weighted by molar-refractivity contribution is -0.313. The fourth-order valence-corrected chi connectivity index (χ4v) is 3.79. The minimum Gasteiger partial charge on any atom is -0.550 e. The van der Waals surface area contributed by atoms with Gasteiger partial charge in [0.15, 0.2) is 0 Å². The van der Waals surface area contributed by atoms with Crippen molar-refractivity contribution in [3.63, 3.8) is 0 Å². The molecule has 3 aliphatic rings. The van der Waals surface area contributed by atoms with Crippen molar-refractivity contribution in [2.75, 3.05) is 6.54 Å². The normalized spacial score (nSPS) is 35.2. The summed E-state index contributed by atoms with van der Waals surface area (Å²) in [6.07, 6.45) is 2.92. The van der Waals surface area contributed by atoms with Crippen LogP contribution in [0.1, 0.15) is 5.56 Å². The molecule has 6 heteroatoms. The Morgan fingerprint density at radius 3 is 2.82 bits per heavy atom. The van der Waals surface area contributed by atoms with Gasteiger partial charge in [-0.15, -0.1) is 0 Å². The lowest BCUT2D eigenvalue weighted by atomic mass is 9.77. The van der Waals surface area contributed by atoms with Crippen molar-refractivity contribution in [3.05, 3.63) is 47.8 Å². The third kappa shape index (κ3) is 1.73. The zero-order valence-corrected chi connectivity index (χ0v) is 11.6. The molecule has 0 unspecified atom stereocenters. The predicted molar refractivity (Wildman–Crippen MR) is 70.5 cm³/mol. The zero-order valence-electron chi connectivity index (χ0n) is 11.6. The molecule has 2 fully saturated rings. The molecule has 114 valence electrons. The SMILES string of the molecule is O=C([O-])[C@H]1[C@H]2C=C[C@@]3(CN(Cc4ccc(F)cc4)C(=O)[C@@H]13)O2. The number of hydrogen-bond acceptors (Lipinski definition) is 4. The van der Waals surface area contributed by atoms with Crippen molar-refractivity contribution in [1.82, 2.24) is 4.90 Å². The molecule has 0 radical (unpaired) electrons. The van der Waals surface area contributed by atoms with Gasteiger partial charge in [-0.25, -0.2) is 4.39 Å². The van der Waals surface area contributed by atoms with Crippen LogP contribution in [0, 0.1) is 17.7 Å². The maximum absolute atomic E-state index is 12.9. The third-order valence-electron chi connectivity index (χ3n) is 4.74. The van der Waals surface area contributed by atoms with E-state index in [4.69, 9.17) is 4.74 Å². The number of hydrogen-bond donors (Lipinski definition) is 0. The number of benzene rings is 1. The molecule has 3 heterocycles. The molecule has 1 aromatic carbocycles. The highest BCUT2D eigenvalue weighted by molar-refractivity contribution is 5.90. The van der Waals surface area contributed by atoms with Crippen molar-refractivity contribution in [2.24, 2.45) is 11.8 Å². The number of nitrogens with zero attached hydrogens (tertiary/aromatic N) is 1. The summed E-state index contributed by atoms with van der Waals surface area (Å²) in [6.45, 7) is 0.615. The Morgan fingerprint density at radius 2 is 2.14 bits per heavy atom. The molecule has 1 aromatic rings. The molecular weight excluding hydrogens is 289 g/mol. The van der Waals surface area contributed by atoms with Crippen LogP contribution in [-0.4, -0.2) is 35.0 Å². The van der Waals surface area contributed by atoms with Crippen molar-refractivity contribution in [2.45, 2.75) is 18.2 Å². The number of carboxylic acids is 1. The molecule has 1 spiro atoms. The maximum Gasteiger partial charge on any atom is 0.230 e. The highest BCUT2D eigenvalue weighted by Crippen LogP contribution is 2.51. The monoisotopic (exact) mass is 302 g/mol. The smallest absolute Gasteiger partial charge is 0.230 e. The van der Waals surface area contributed by atoms with E-state index in [2.05, 4.69) is 0 Å². The standard InChI is InChI=1S/C16H14FNO4/c17-10-3-1-9(2-4-10)7-18-8-16-6-5-11(22-16)12(15(20)21)13(16)14(18)19/h1-6,11-13H,7-8H2,(H,20,21)/p-1/t11-,12+,13-,16+/m1/s1. The number of likely N-dealkylation sites (tertiary alicyclic amines) is 1. The number of halogens is 1. The second kappa shape index (κ2) is 4.39. The van der Waals surface area contributed by atoms with E-state index in [-0.39, 0.29) is 11.7 Å². The first kappa shape index (κ1) is 13.5. The highest BCUT2D eigenvalue weighted by Gasteiger charge is 2.65. The molecule has 0 aliphatic carbocycles. The van der Waals surface area contributed by atoms with Gasteiger partial charge in [-0.2, -0.15) is 0 Å². The van der Waals surface area contributed by atoms with Crippen LogP contribution >= 0.6 is 0 Å². The molecule has 4 atom stereocenters. The van der Waals surface area contributed by atoms with Crippen LogP contribution < -0.4 is 5.11 Å². The Bertz CT molecular complexity index is 686. The van der Waals surface area contributed by atoms with Crippen LogP contribution in [0.3, 0.4) is 0 Å². The molecule has 3 aliphatic heterocycles. The third-order valence-corrected chi connectivity index (χ3v) is 4.74. The number of fused-ring (bicyclic) bond motifs is 1. The maximum atomic E-state index is 12.9. The van der Waals surface area contributed by atoms with E-state index in [1.165, 1.54) is 12.1 Å². The van der Waals surface area contributed by atoms with Crippen LogP contribution in [0.15, 0.2) is 36.4 Å². The van der Waals surface area contributed by atoms with Gasteiger partial charge in [0.1, 0.15) is 11.4 Å². The average Bonchev–Trinajstić information content (AvgIpc) is 3.10. The van der Waals surface area contributed by atoms with Gasteiger partial charge in [-0.3, -0.25) is 4.79 Å². The number of amides is 1. The molecule has 5 nitrogen and oxygen atoms in total. The topological polar surface area (TPSA) is 69.7 Å². The number of ether oxygens (including phenoxy) is 1. The molecule has 1 amide bonds. The number of aliphatic carboxylic acids is 1. The Morgan fingerprint density at radius 1 is 1.41 bits per heavy atom. The van der Waals surface area contributed by atoms with Crippen LogP contribution in [-0.2, 0) is 20.9 Å². The van der Waals surface area contributed by atoms with E-state index < -0.39 is 29.5 Å². The summed E-state index contributed by atoms with van der Waals surface area (Å²) in [4.78, 5) is 25.5. The Kier molecular flexibility index (Phi) is 2.69. The summed E-state index contributed by atoms with van der Waals surface area (Å²) in [6, 6.07) is 5.89. The molecule has 0 N–H and O–H groups in total. The molecule has 4 rings (SSSR count). The minimum absolute atomic E-state index is 0.245. The summed E-state index contributed by atoms with van der Waals surface area (Å²) in [5.74, 6) is -3.50. The molecule has 22 heavy (non-hydrogen) atoms. The average molecular weight is 302 g/mol. The largest absolute Gasteiger partial charge is 0.550 e. The Labute approximate surface area is 126 Å². The summed E-state index contributed by atoms with van der Waals surface area (Å²) in [5, 5.41) is 11.3. The van der Waals surface area contributed by atoms with E-state index in [9.17, 15) is 19.1 Å². The molecular formula is C16H13FNO4-. The van der Waals surface area contributed by atoms with Crippen molar-refractivity contribution >= 4 is 11.9 Å². The molecule has 2 saturated heterocycles. The fraction of sp³-hybridized carbons (Fsp3) is 0.375. The summed E-state index contributed by atoms with van der Waals surface area (Å²) >= 11 is 0. The van der Waals surface area contributed by atoms with Crippen molar-refractivity contribution < 1.29 is 23.8 Å². The number of rotatable bonds is 3. The number of carboxylic acid groups (broad SMARTS) is 1. The fourth-order valence-electron chi connectivity index (χ4n) is 3.79. The summed E-state index contributed by atoms with van der Waals surface area (Å²) in [5.41, 5.74) is -0.0679. The minimum atomic E-state index is -1.25. The number of carbonyl (C=O) groups excluding carboxylic acids is 2. The lowest BCUT2D eigenvalue weighted by Gasteiger charge is -2.24. The van der Waals surface area contributed by atoms with Crippen LogP contribution in [0.5, 0.6) is 0 Å². The van der Waals surface area contributed by atoms with Gasteiger partial charge in [-0.05, 0) is 17.7 Å². The van der Waals surface area contributed by atoms with Gasteiger partial charge >= 0.3 is 0 Å². The van der Waals surface area contributed by atoms with Gasteiger partial charge in [0.05, 0.1) is 18.6 Å². The second-order valence-corrected chi connectivity index (χ2v) is 6.04. The highest BCUT2D eigenvalue weighted by atomic mass is 19.1. The molecule has 0 saturated carbocycles. The first-order valence-electron chi connectivity index (χ1n) is 7.11. The van der Waals surface area contributed by atoms with Crippen molar-refractivity contribution in [3.8, 4) is 0 Å². The first-order valence-corrected chi connectivity index (χ1v) is 7.11. The predicted octanol–water partition coefficient (Wildman–Crippen LogP) is -0.142. The van der Waals surface area contributed by atoms with E-state index in [0.29, 0.717) is 13.1 Å². The molecule has 2 bridgehead atoms. The second-order valence-electron chi connectivity index (χ2n) is 6.04. The van der Waals surface area contributed by atoms with Crippen LogP contribution in [0.2, 0.25) is 0 Å². The summed E-state index contributed by atoms with van der Waals surface area (Å²) in [7, 11) is 0. The van der Waals surface area contributed by atoms with Gasteiger partial charge in [0, 0.05) is 18.4 Å². The molecule has 0 aromatic heterocycles. The zero-order chi connectivity index (χ0) is 15.5. The van der Waals surface area contributed by atoms with Crippen LogP contribution in [0.25, 0.3) is 0 Å². The number of carbonyl (C=O) groups is 2. The Balaban J connectivity index is 1.61. The van der Waals surface area contributed by atoms with E-state index in [1.54, 1.807) is 29.2 Å². The van der Waals surface area contributed by atoms with Gasteiger partial charge in [0.2, 0.25) is 5.91 Å². The quantitative estimate of drug-likeness (QED) is 0.729. The van der Waals surface area contributed by atoms with E-state index in [0.717, 1.165) is 5.56 Å². The van der Waals surface area contributed by atoms with Gasteiger partial charge in [-0.1, -0.05) is 24.3 Å². The van der Waals surface area contributed by atoms with E-state index in [1.807, 2.05) is 0 Å². The van der Waals surface area contributed by atoms with Crippen LogP contribution in [0.4, 0.5) is 4.39 Å². The summed E-state index contributed by atoms with van der Waals surface area (Å²) < 4.78 is 18.7. The van der Waals surface area contributed by atoms with Gasteiger partial charge in [0.25, 0.3) is 0 Å². The van der Waals surface area contributed by atoms with Gasteiger partial charge < -0.3 is 19.5 Å². The lowest BCUT2D eigenvalue weighted by Crippen LogP contribution is -2.45. The Hall–Kier alpha value is -2.21. The van der Waals surface area contributed by atoms with Crippen molar-refractivity contribution in [1.29, 1.82) is 0 Å². The van der Waals surface area contributed by atoms with E-state index >= 15 is 0 Å².